The van der Waals surface area contributed by atoms with Crippen LogP contribution in [0.1, 0.15) is 57.1 Å². The topological polar surface area (TPSA) is 35.2 Å². The zero-order valence-corrected chi connectivity index (χ0v) is 12.2. The van der Waals surface area contributed by atoms with Crippen molar-refractivity contribution < 1.29 is 13.5 Å². The van der Waals surface area contributed by atoms with Gasteiger partial charge in [-0.05, 0) is 12.5 Å². The molecule has 4 heteroatoms. The van der Waals surface area contributed by atoms with Crippen LogP contribution < -0.4 is 5.73 Å². The van der Waals surface area contributed by atoms with Crippen LogP contribution in [-0.2, 0) is 4.74 Å². The van der Waals surface area contributed by atoms with Crippen molar-refractivity contribution in [1.29, 1.82) is 0 Å². The molecule has 20 heavy (non-hydrogen) atoms. The summed E-state index contributed by atoms with van der Waals surface area (Å²) in [6.45, 7) is 3.03. The van der Waals surface area contributed by atoms with Crippen molar-refractivity contribution in [3.63, 3.8) is 0 Å². The van der Waals surface area contributed by atoms with Crippen LogP contribution in [0.4, 0.5) is 8.78 Å². The van der Waals surface area contributed by atoms with E-state index in [1.165, 1.54) is 37.8 Å². The lowest BCUT2D eigenvalue weighted by atomic mass is 10.1. The monoisotopic (exact) mass is 285 g/mol. The molecule has 0 spiro atoms. The lowest BCUT2D eigenvalue weighted by Crippen LogP contribution is -2.19. The maximum absolute atomic E-state index is 13.5. The molecule has 1 unspecified atom stereocenters. The fourth-order valence-electron chi connectivity index (χ4n) is 2.09. The van der Waals surface area contributed by atoms with E-state index in [1.54, 1.807) is 0 Å². The van der Waals surface area contributed by atoms with Crippen molar-refractivity contribution in [2.45, 2.75) is 51.5 Å². The number of hydrogen-bond donors (Lipinski definition) is 1. The first kappa shape index (κ1) is 17.1. The van der Waals surface area contributed by atoms with Gasteiger partial charge >= 0.3 is 0 Å². The Morgan fingerprint density at radius 2 is 1.80 bits per heavy atom. The van der Waals surface area contributed by atoms with Gasteiger partial charge < -0.3 is 10.5 Å². The SMILES string of the molecule is CCCCCCCCOCC(N)c1cccc(F)c1F. The van der Waals surface area contributed by atoms with Gasteiger partial charge in [0.1, 0.15) is 0 Å². The molecule has 1 aromatic carbocycles. The highest BCUT2D eigenvalue weighted by Crippen LogP contribution is 2.18. The van der Waals surface area contributed by atoms with E-state index >= 15 is 0 Å². The number of unbranched alkanes of at least 4 members (excludes halogenated alkanes) is 5. The fourth-order valence-corrected chi connectivity index (χ4v) is 2.09. The molecule has 0 amide bonds. The Bertz CT molecular complexity index is 385. The molecular weight excluding hydrogens is 260 g/mol. The molecule has 0 saturated heterocycles. The lowest BCUT2D eigenvalue weighted by Gasteiger charge is -2.13. The molecule has 2 N–H and O–H groups in total. The van der Waals surface area contributed by atoms with Crippen molar-refractivity contribution in [2.75, 3.05) is 13.2 Å². The summed E-state index contributed by atoms with van der Waals surface area (Å²) in [5, 5.41) is 0. The van der Waals surface area contributed by atoms with Gasteiger partial charge in [-0.3, -0.25) is 0 Å². The van der Waals surface area contributed by atoms with Gasteiger partial charge in [0, 0.05) is 12.2 Å². The highest BCUT2D eigenvalue weighted by molar-refractivity contribution is 5.22. The third-order valence-corrected chi connectivity index (χ3v) is 3.32. The quantitative estimate of drug-likeness (QED) is 0.649. The van der Waals surface area contributed by atoms with Crippen molar-refractivity contribution >= 4 is 0 Å². The van der Waals surface area contributed by atoms with Crippen LogP contribution in [0, 0.1) is 11.6 Å². The summed E-state index contributed by atoms with van der Waals surface area (Å²) < 4.78 is 32.0. The fraction of sp³-hybridized carbons (Fsp3) is 0.625. The summed E-state index contributed by atoms with van der Waals surface area (Å²) in [6, 6.07) is 3.42. The molecule has 0 aliphatic rings. The summed E-state index contributed by atoms with van der Waals surface area (Å²) in [4.78, 5) is 0. The van der Waals surface area contributed by atoms with E-state index in [1.807, 2.05) is 0 Å². The largest absolute Gasteiger partial charge is 0.379 e. The first-order valence-corrected chi connectivity index (χ1v) is 7.44. The Kier molecular flexibility index (Phi) is 8.38. The van der Waals surface area contributed by atoms with E-state index in [4.69, 9.17) is 10.5 Å². The lowest BCUT2D eigenvalue weighted by molar-refractivity contribution is 0.116. The number of ether oxygens (including phenoxy) is 1. The van der Waals surface area contributed by atoms with E-state index in [0.717, 1.165) is 18.9 Å². The molecule has 0 saturated carbocycles. The molecule has 0 aliphatic heterocycles. The average molecular weight is 285 g/mol. The number of halogens is 2. The van der Waals surface area contributed by atoms with E-state index in [9.17, 15) is 8.78 Å². The molecule has 0 bridgehead atoms. The zero-order chi connectivity index (χ0) is 14.8. The summed E-state index contributed by atoms with van der Waals surface area (Å²) in [6.07, 6.45) is 7.15. The molecule has 0 fully saturated rings. The molecule has 114 valence electrons. The molecule has 0 heterocycles. The van der Waals surface area contributed by atoms with Crippen molar-refractivity contribution in [3.05, 3.63) is 35.4 Å². The van der Waals surface area contributed by atoms with E-state index in [-0.39, 0.29) is 12.2 Å². The van der Waals surface area contributed by atoms with Crippen LogP contribution in [0.15, 0.2) is 18.2 Å². The third kappa shape index (κ3) is 5.97. The van der Waals surface area contributed by atoms with Gasteiger partial charge in [0.2, 0.25) is 0 Å². The van der Waals surface area contributed by atoms with Crippen molar-refractivity contribution in [2.24, 2.45) is 5.73 Å². The number of rotatable bonds is 10. The Morgan fingerprint density at radius 1 is 1.10 bits per heavy atom. The van der Waals surface area contributed by atoms with Gasteiger partial charge in [-0.25, -0.2) is 8.78 Å². The van der Waals surface area contributed by atoms with Crippen LogP contribution in [-0.4, -0.2) is 13.2 Å². The smallest absolute Gasteiger partial charge is 0.163 e. The van der Waals surface area contributed by atoms with E-state index in [2.05, 4.69) is 6.92 Å². The van der Waals surface area contributed by atoms with Gasteiger partial charge in [0.05, 0.1) is 12.6 Å². The maximum Gasteiger partial charge on any atom is 0.163 e. The van der Waals surface area contributed by atoms with Gasteiger partial charge in [-0.1, -0.05) is 51.2 Å². The number of benzene rings is 1. The number of hydrogen-bond acceptors (Lipinski definition) is 2. The standard InChI is InChI=1S/C16H25F2NO/c1-2-3-4-5-6-7-11-20-12-15(19)13-9-8-10-14(17)16(13)18/h8-10,15H,2-7,11-12,19H2,1H3. The molecule has 0 aromatic heterocycles. The Labute approximate surface area is 120 Å². The Balaban J connectivity index is 2.17. The average Bonchev–Trinajstić information content (AvgIpc) is 2.44. The van der Waals surface area contributed by atoms with Crippen LogP contribution in [0.2, 0.25) is 0 Å². The van der Waals surface area contributed by atoms with Gasteiger partial charge in [-0.2, -0.15) is 0 Å². The molecule has 1 rings (SSSR count). The molecule has 1 aromatic rings. The summed E-state index contributed by atoms with van der Waals surface area (Å²) >= 11 is 0. The maximum atomic E-state index is 13.5. The van der Waals surface area contributed by atoms with Gasteiger partial charge in [0.15, 0.2) is 11.6 Å². The summed E-state index contributed by atoms with van der Waals surface area (Å²) in [5.41, 5.74) is 5.99. The molecular formula is C16H25F2NO. The second-order valence-electron chi connectivity index (χ2n) is 5.09. The van der Waals surface area contributed by atoms with Crippen LogP contribution in [0.3, 0.4) is 0 Å². The van der Waals surface area contributed by atoms with Crippen LogP contribution >= 0.6 is 0 Å². The summed E-state index contributed by atoms with van der Waals surface area (Å²) in [5.74, 6) is -1.74. The first-order chi connectivity index (χ1) is 9.66. The molecule has 0 radical (unpaired) electrons. The third-order valence-electron chi connectivity index (χ3n) is 3.32. The minimum atomic E-state index is -0.872. The van der Waals surface area contributed by atoms with Gasteiger partial charge in [-0.15, -0.1) is 0 Å². The normalized spacial score (nSPS) is 12.6. The summed E-state index contributed by atoms with van der Waals surface area (Å²) in [7, 11) is 0. The highest BCUT2D eigenvalue weighted by atomic mass is 19.2. The van der Waals surface area contributed by atoms with Crippen LogP contribution in [0.5, 0.6) is 0 Å². The Hall–Kier alpha value is -1.00. The van der Waals surface area contributed by atoms with Crippen molar-refractivity contribution in [3.8, 4) is 0 Å². The second-order valence-corrected chi connectivity index (χ2v) is 5.09. The van der Waals surface area contributed by atoms with E-state index < -0.39 is 17.7 Å². The zero-order valence-electron chi connectivity index (χ0n) is 12.2. The number of nitrogens with two attached hydrogens (primary N) is 1. The minimum Gasteiger partial charge on any atom is -0.379 e. The minimum absolute atomic E-state index is 0.174. The predicted octanol–water partition coefficient (Wildman–Crippen LogP) is 4.34. The molecule has 1 atom stereocenters. The second kappa shape index (κ2) is 9.83. The van der Waals surface area contributed by atoms with Crippen molar-refractivity contribution in [1.82, 2.24) is 0 Å². The van der Waals surface area contributed by atoms with Crippen LogP contribution in [0.25, 0.3) is 0 Å². The highest BCUT2D eigenvalue weighted by Gasteiger charge is 2.14. The predicted molar refractivity (Wildman–Crippen MR) is 77.5 cm³/mol. The molecule has 0 aliphatic carbocycles. The Morgan fingerprint density at radius 3 is 2.55 bits per heavy atom. The van der Waals surface area contributed by atoms with Gasteiger partial charge in [0.25, 0.3) is 0 Å². The molecule has 2 nitrogen and oxygen atoms in total. The van der Waals surface area contributed by atoms with E-state index in [0.29, 0.717) is 6.61 Å². The first-order valence-electron chi connectivity index (χ1n) is 7.44.